The molecule has 198 valence electrons. The van der Waals surface area contributed by atoms with Gasteiger partial charge in [-0.3, -0.25) is 4.79 Å². The van der Waals surface area contributed by atoms with E-state index in [4.69, 9.17) is 9.47 Å². The zero-order valence-electron chi connectivity index (χ0n) is 20.8. The number of sulfonamides is 1. The average Bonchev–Trinajstić information content (AvgIpc) is 3.21. The summed E-state index contributed by atoms with van der Waals surface area (Å²) >= 11 is 0. The number of benzene rings is 2. The maximum Gasteiger partial charge on any atom is 0.409 e. The van der Waals surface area contributed by atoms with Crippen molar-refractivity contribution < 1.29 is 27.5 Å². The first-order valence-corrected chi connectivity index (χ1v) is 14.1. The second kappa shape index (κ2) is 10.7. The molecule has 3 heterocycles. The summed E-state index contributed by atoms with van der Waals surface area (Å²) in [5.74, 6) is -0.0470. The van der Waals surface area contributed by atoms with Gasteiger partial charge in [-0.2, -0.15) is 4.31 Å². The fourth-order valence-electron chi connectivity index (χ4n) is 5.22. The van der Waals surface area contributed by atoms with Gasteiger partial charge in [-0.05, 0) is 50.1 Å². The average molecular weight is 529 g/mol. The predicted octanol–water partition coefficient (Wildman–Crippen LogP) is 2.89. The number of amides is 2. The molecule has 2 amide bonds. The highest BCUT2D eigenvalue weighted by atomic mass is 32.2. The summed E-state index contributed by atoms with van der Waals surface area (Å²) in [6.45, 7) is 4.61. The van der Waals surface area contributed by atoms with Crippen LogP contribution in [0.4, 0.5) is 10.5 Å². The van der Waals surface area contributed by atoms with Gasteiger partial charge >= 0.3 is 6.09 Å². The second-order valence-corrected chi connectivity index (χ2v) is 11.2. The molecule has 0 unspecified atom stereocenters. The highest BCUT2D eigenvalue weighted by Gasteiger charge is 2.42. The van der Waals surface area contributed by atoms with E-state index in [-0.39, 0.29) is 22.9 Å². The Bertz CT molecular complexity index is 1240. The number of hydrogen-bond acceptors (Lipinski definition) is 7. The molecular formula is C26H32N4O6S. The number of nitrogens with one attached hydrogen (secondary N) is 1. The van der Waals surface area contributed by atoms with Gasteiger partial charge in [-0.15, -0.1) is 0 Å². The Kier molecular flexibility index (Phi) is 7.36. The monoisotopic (exact) mass is 528 g/mol. The topological polar surface area (TPSA) is 108 Å². The summed E-state index contributed by atoms with van der Waals surface area (Å²) in [5.41, 5.74) is 2.24. The predicted molar refractivity (Wildman–Crippen MR) is 137 cm³/mol. The van der Waals surface area contributed by atoms with Crippen LogP contribution in [0.5, 0.6) is 0 Å². The summed E-state index contributed by atoms with van der Waals surface area (Å²) in [7, 11) is -3.59. The quantitative estimate of drug-likeness (QED) is 0.614. The molecule has 2 saturated heterocycles. The van der Waals surface area contributed by atoms with E-state index in [1.807, 2.05) is 29.2 Å². The van der Waals surface area contributed by atoms with Crippen molar-refractivity contribution in [3.8, 4) is 0 Å². The van der Waals surface area contributed by atoms with Gasteiger partial charge in [0.15, 0.2) is 0 Å². The third-order valence-electron chi connectivity index (χ3n) is 7.15. The number of rotatable bonds is 6. The van der Waals surface area contributed by atoms with Crippen LogP contribution in [0.2, 0.25) is 0 Å². The lowest BCUT2D eigenvalue weighted by Gasteiger charge is -2.39. The van der Waals surface area contributed by atoms with Crippen LogP contribution in [0.25, 0.3) is 0 Å². The lowest BCUT2D eigenvalue weighted by atomic mass is 10.0. The van der Waals surface area contributed by atoms with Crippen LogP contribution in [0.15, 0.2) is 53.4 Å². The molecule has 3 aliphatic rings. The number of anilines is 1. The normalized spacial score (nSPS) is 21.1. The van der Waals surface area contributed by atoms with E-state index in [0.29, 0.717) is 70.1 Å². The Balaban J connectivity index is 1.34. The van der Waals surface area contributed by atoms with E-state index < -0.39 is 16.2 Å². The Morgan fingerprint density at radius 2 is 1.70 bits per heavy atom. The Morgan fingerprint density at radius 3 is 2.38 bits per heavy atom. The Morgan fingerprint density at radius 1 is 1.03 bits per heavy atom. The fraction of sp³-hybridized carbons (Fsp3) is 0.462. The Labute approximate surface area is 217 Å². The number of nitrogens with zero attached hydrogens (tertiary/aromatic N) is 3. The van der Waals surface area contributed by atoms with E-state index in [1.54, 1.807) is 36.1 Å². The van der Waals surface area contributed by atoms with Gasteiger partial charge in [0.2, 0.25) is 10.0 Å². The summed E-state index contributed by atoms with van der Waals surface area (Å²) in [6, 6.07) is 14.1. The van der Waals surface area contributed by atoms with Crippen molar-refractivity contribution in [2.45, 2.75) is 36.9 Å². The molecule has 0 aromatic heterocycles. The van der Waals surface area contributed by atoms with Crippen LogP contribution in [0, 0.1) is 0 Å². The molecule has 0 bridgehead atoms. The molecule has 0 aliphatic carbocycles. The molecule has 0 spiro atoms. The molecule has 11 heteroatoms. The van der Waals surface area contributed by atoms with Crippen molar-refractivity contribution in [2.24, 2.45) is 0 Å². The summed E-state index contributed by atoms with van der Waals surface area (Å²) in [4.78, 5) is 29.4. The van der Waals surface area contributed by atoms with Crippen molar-refractivity contribution in [1.82, 2.24) is 14.1 Å². The van der Waals surface area contributed by atoms with Crippen molar-refractivity contribution in [3.05, 3.63) is 59.7 Å². The van der Waals surface area contributed by atoms with E-state index in [9.17, 15) is 18.0 Å². The first-order chi connectivity index (χ1) is 17.9. The molecule has 2 aromatic rings. The van der Waals surface area contributed by atoms with Gasteiger partial charge in [0.1, 0.15) is 6.17 Å². The van der Waals surface area contributed by atoms with Gasteiger partial charge in [-0.25, -0.2) is 13.2 Å². The van der Waals surface area contributed by atoms with Crippen molar-refractivity contribution in [3.63, 3.8) is 0 Å². The third-order valence-corrected chi connectivity index (χ3v) is 9.06. The highest BCUT2D eigenvalue weighted by Crippen LogP contribution is 2.38. The summed E-state index contributed by atoms with van der Waals surface area (Å²) in [5, 5.41) is 3.46. The number of ether oxygens (including phenoxy) is 2. The van der Waals surface area contributed by atoms with Crippen molar-refractivity contribution in [2.75, 3.05) is 51.3 Å². The maximum atomic E-state index is 13.5. The first kappa shape index (κ1) is 25.5. The minimum atomic E-state index is -3.59. The van der Waals surface area contributed by atoms with Gasteiger partial charge < -0.3 is 24.6 Å². The van der Waals surface area contributed by atoms with E-state index >= 15 is 0 Å². The van der Waals surface area contributed by atoms with E-state index in [0.717, 1.165) is 5.56 Å². The lowest BCUT2D eigenvalue weighted by molar-refractivity contribution is 0.0496. The lowest BCUT2D eigenvalue weighted by Crippen LogP contribution is -2.49. The largest absolute Gasteiger partial charge is 0.450 e. The molecule has 1 N–H and O–H groups in total. The van der Waals surface area contributed by atoms with Crippen LogP contribution < -0.4 is 5.32 Å². The highest BCUT2D eigenvalue weighted by molar-refractivity contribution is 7.89. The van der Waals surface area contributed by atoms with E-state index in [2.05, 4.69) is 5.32 Å². The zero-order valence-corrected chi connectivity index (χ0v) is 21.7. The Hall–Kier alpha value is -3.15. The number of carbonyl (C=O) groups excluding carboxylic acids is 2. The number of morpholine rings is 1. The van der Waals surface area contributed by atoms with Gasteiger partial charge in [0.05, 0.1) is 24.7 Å². The number of hydrogen-bond donors (Lipinski definition) is 1. The smallest absolute Gasteiger partial charge is 0.409 e. The number of fused-ring (bicyclic) bond motifs is 1. The molecule has 2 fully saturated rings. The van der Waals surface area contributed by atoms with Crippen LogP contribution in [-0.4, -0.2) is 86.6 Å². The fourth-order valence-corrected chi connectivity index (χ4v) is 6.63. The van der Waals surface area contributed by atoms with Crippen LogP contribution >= 0.6 is 0 Å². The minimum Gasteiger partial charge on any atom is -0.450 e. The molecular weight excluding hydrogens is 496 g/mol. The van der Waals surface area contributed by atoms with Gasteiger partial charge in [0.25, 0.3) is 5.91 Å². The molecule has 5 rings (SSSR count). The standard InChI is InChI=1S/C26H32N4O6S/c1-2-36-26(32)28-13-11-20(12-14-28)30-24(22-5-3-4-6-23(22)25(30)31)27-19-7-9-21(10-8-19)37(33,34)29-15-17-35-18-16-29/h3-10,20,24,27H,2,11-18H2,1H3/t24-/m0/s1. The third kappa shape index (κ3) is 5.03. The minimum absolute atomic E-state index is 0.0470. The molecule has 0 saturated carbocycles. The van der Waals surface area contributed by atoms with Gasteiger partial charge in [-0.1, -0.05) is 18.2 Å². The number of piperidine rings is 1. The van der Waals surface area contributed by atoms with Crippen molar-refractivity contribution in [1.29, 1.82) is 0 Å². The summed E-state index contributed by atoms with van der Waals surface area (Å²) < 4.78 is 37.8. The number of likely N-dealkylation sites (tertiary alicyclic amines) is 1. The first-order valence-electron chi connectivity index (χ1n) is 12.7. The zero-order chi connectivity index (χ0) is 26.0. The molecule has 2 aromatic carbocycles. The SMILES string of the molecule is CCOC(=O)N1CCC(N2C(=O)c3ccccc3[C@H]2Nc2ccc(S(=O)(=O)N3CCOCC3)cc2)CC1. The van der Waals surface area contributed by atoms with Crippen molar-refractivity contribution >= 4 is 27.7 Å². The molecule has 10 nitrogen and oxygen atoms in total. The van der Waals surface area contributed by atoms with Gasteiger partial charge in [0, 0.05) is 49.0 Å². The van der Waals surface area contributed by atoms with Crippen LogP contribution in [0.1, 0.15) is 41.9 Å². The molecule has 0 radical (unpaired) electrons. The van der Waals surface area contributed by atoms with E-state index in [1.165, 1.54) is 4.31 Å². The number of carbonyl (C=O) groups is 2. The van der Waals surface area contributed by atoms with Crippen LogP contribution in [0.3, 0.4) is 0 Å². The summed E-state index contributed by atoms with van der Waals surface area (Å²) in [6.07, 6.45) is 0.573. The second-order valence-electron chi connectivity index (χ2n) is 9.30. The molecule has 3 aliphatic heterocycles. The molecule has 1 atom stereocenters. The van der Waals surface area contributed by atoms with Crippen LogP contribution in [-0.2, 0) is 19.5 Å². The molecule has 37 heavy (non-hydrogen) atoms. The maximum absolute atomic E-state index is 13.5.